The molecule has 1 aromatic carbocycles. The molecule has 0 unspecified atom stereocenters. The van der Waals surface area contributed by atoms with Crippen molar-refractivity contribution in [2.75, 3.05) is 12.3 Å². The summed E-state index contributed by atoms with van der Waals surface area (Å²) < 4.78 is 29.9. The lowest BCUT2D eigenvalue weighted by atomic mass is 10.1. The summed E-state index contributed by atoms with van der Waals surface area (Å²) in [5.74, 6) is -1.57. The van der Waals surface area contributed by atoms with Gasteiger partial charge in [0.25, 0.3) is 11.5 Å². The van der Waals surface area contributed by atoms with Gasteiger partial charge in [-0.25, -0.2) is 13.5 Å². The molecule has 0 fully saturated rings. The summed E-state index contributed by atoms with van der Waals surface area (Å²) >= 11 is 1.34. The van der Waals surface area contributed by atoms with Crippen LogP contribution in [0.2, 0.25) is 0 Å². The van der Waals surface area contributed by atoms with Gasteiger partial charge < -0.3 is 5.32 Å². The molecular weight excluding hydrogens is 390 g/mol. The second-order valence-electron chi connectivity index (χ2n) is 5.83. The van der Waals surface area contributed by atoms with E-state index in [1.165, 1.54) is 28.7 Å². The highest BCUT2D eigenvalue weighted by atomic mass is 32.2. The molecule has 0 aliphatic heterocycles. The van der Waals surface area contributed by atoms with Crippen LogP contribution >= 0.6 is 11.8 Å². The number of nitrogens with one attached hydrogen (secondary N) is 1. The summed E-state index contributed by atoms with van der Waals surface area (Å²) in [5.41, 5.74) is -0.686. The molecule has 1 amide bonds. The number of rotatable bonds is 6. The molecule has 0 bridgehead atoms. The van der Waals surface area contributed by atoms with Gasteiger partial charge in [-0.05, 0) is 41.1 Å². The lowest BCUT2D eigenvalue weighted by molar-refractivity contribution is 0.0953. The largest absolute Gasteiger partial charge is 0.351 e. The Morgan fingerprint density at radius 1 is 1.29 bits per heavy atom. The fourth-order valence-electron chi connectivity index (χ4n) is 2.50. The number of nitrogens with zero attached hydrogens (tertiary/aromatic N) is 5. The van der Waals surface area contributed by atoms with Crippen molar-refractivity contribution >= 4 is 17.7 Å². The van der Waals surface area contributed by atoms with E-state index in [2.05, 4.69) is 20.8 Å². The van der Waals surface area contributed by atoms with Gasteiger partial charge in [0.1, 0.15) is 17.2 Å². The predicted octanol–water partition coefficient (Wildman–Crippen LogP) is 1.47. The number of halogens is 2. The predicted molar refractivity (Wildman–Crippen MR) is 98.5 cm³/mol. The van der Waals surface area contributed by atoms with Crippen molar-refractivity contribution in [3.63, 3.8) is 0 Å². The number of pyridine rings is 1. The molecule has 3 aromatic rings. The standard InChI is InChI=1S/C17H16F2N6O2S/c1-10-5-7-25(13-9-11(18)3-4-12(13)19)16(27)14(10)15(26)20-6-8-28-17-21-22-23-24(17)2/h3-5,7,9H,6,8H2,1-2H3,(H,20,26). The molecular formula is C17H16F2N6O2S. The number of carbonyl (C=O) groups excluding carboxylic acids is 1. The third kappa shape index (κ3) is 4.09. The fourth-order valence-corrected chi connectivity index (χ4v) is 3.21. The quantitative estimate of drug-likeness (QED) is 0.492. The Kier molecular flexibility index (Phi) is 5.83. The summed E-state index contributed by atoms with van der Waals surface area (Å²) in [6, 6.07) is 4.28. The second-order valence-corrected chi connectivity index (χ2v) is 6.90. The van der Waals surface area contributed by atoms with Crippen LogP contribution in [0.25, 0.3) is 5.69 Å². The van der Waals surface area contributed by atoms with Crippen LogP contribution in [0.3, 0.4) is 0 Å². The molecule has 0 saturated carbocycles. The molecule has 0 saturated heterocycles. The number of aryl methyl sites for hydroxylation is 2. The number of tetrazole rings is 1. The molecule has 0 aliphatic rings. The van der Waals surface area contributed by atoms with Crippen molar-refractivity contribution in [2.24, 2.45) is 7.05 Å². The topological polar surface area (TPSA) is 94.7 Å². The molecule has 146 valence electrons. The van der Waals surface area contributed by atoms with Crippen molar-refractivity contribution in [2.45, 2.75) is 12.1 Å². The first-order chi connectivity index (χ1) is 13.4. The average Bonchev–Trinajstić information content (AvgIpc) is 3.06. The van der Waals surface area contributed by atoms with E-state index in [9.17, 15) is 18.4 Å². The van der Waals surface area contributed by atoms with Crippen molar-refractivity contribution in [1.82, 2.24) is 30.1 Å². The highest BCUT2D eigenvalue weighted by Gasteiger charge is 2.18. The molecule has 0 aliphatic carbocycles. The van der Waals surface area contributed by atoms with E-state index in [1.807, 2.05) is 0 Å². The molecule has 1 N–H and O–H groups in total. The Morgan fingerprint density at radius 2 is 2.07 bits per heavy atom. The number of carbonyl (C=O) groups is 1. The Morgan fingerprint density at radius 3 is 2.79 bits per heavy atom. The van der Waals surface area contributed by atoms with Gasteiger partial charge in [0, 0.05) is 31.6 Å². The van der Waals surface area contributed by atoms with Crippen LogP contribution in [0, 0.1) is 18.6 Å². The zero-order valence-corrected chi connectivity index (χ0v) is 15.8. The molecule has 8 nitrogen and oxygen atoms in total. The smallest absolute Gasteiger partial charge is 0.268 e. The molecule has 2 heterocycles. The lowest BCUT2D eigenvalue weighted by Crippen LogP contribution is -2.34. The van der Waals surface area contributed by atoms with E-state index in [1.54, 1.807) is 14.0 Å². The van der Waals surface area contributed by atoms with Crippen molar-refractivity contribution in [3.05, 3.63) is 63.6 Å². The van der Waals surface area contributed by atoms with Gasteiger partial charge in [-0.3, -0.25) is 14.2 Å². The fraction of sp³-hybridized carbons (Fsp3) is 0.235. The first-order valence-corrected chi connectivity index (χ1v) is 9.18. The summed E-state index contributed by atoms with van der Waals surface area (Å²) in [6.07, 6.45) is 1.31. The van der Waals surface area contributed by atoms with Gasteiger partial charge in [0.05, 0.1) is 5.69 Å². The number of hydrogen-bond acceptors (Lipinski definition) is 6. The number of amides is 1. The lowest BCUT2D eigenvalue weighted by Gasteiger charge is -2.12. The summed E-state index contributed by atoms with van der Waals surface area (Å²) in [5, 5.41) is 14.3. The van der Waals surface area contributed by atoms with Gasteiger partial charge >= 0.3 is 0 Å². The van der Waals surface area contributed by atoms with Crippen LogP contribution in [0.15, 0.2) is 40.4 Å². The Balaban J connectivity index is 1.77. The van der Waals surface area contributed by atoms with Crippen LogP contribution in [0.5, 0.6) is 0 Å². The normalized spacial score (nSPS) is 10.9. The summed E-state index contributed by atoms with van der Waals surface area (Å²) in [6.45, 7) is 1.86. The Labute approximate surface area is 162 Å². The van der Waals surface area contributed by atoms with Gasteiger partial charge in [0.15, 0.2) is 0 Å². The van der Waals surface area contributed by atoms with Crippen molar-refractivity contribution in [3.8, 4) is 5.69 Å². The zero-order valence-electron chi connectivity index (χ0n) is 15.0. The Hall–Kier alpha value is -3.08. The third-order valence-corrected chi connectivity index (χ3v) is 4.91. The monoisotopic (exact) mass is 406 g/mol. The molecule has 0 spiro atoms. The van der Waals surface area contributed by atoms with Gasteiger partial charge in [-0.15, -0.1) is 5.10 Å². The zero-order chi connectivity index (χ0) is 20.3. The van der Waals surface area contributed by atoms with Crippen LogP contribution in [-0.2, 0) is 7.05 Å². The van der Waals surface area contributed by atoms with Crippen LogP contribution in [0.1, 0.15) is 15.9 Å². The molecule has 0 atom stereocenters. The van der Waals surface area contributed by atoms with Gasteiger partial charge in [-0.2, -0.15) is 0 Å². The Bertz CT molecular complexity index is 1080. The number of benzene rings is 1. The molecule has 2 aromatic heterocycles. The third-order valence-electron chi connectivity index (χ3n) is 3.90. The number of hydrogen-bond donors (Lipinski definition) is 1. The van der Waals surface area contributed by atoms with Gasteiger partial charge in [-0.1, -0.05) is 11.8 Å². The maximum atomic E-state index is 14.0. The maximum Gasteiger partial charge on any atom is 0.268 e. The van der Waals surface area contributed by atoms with Crippen LogP contribution in [-0.4, -0.2) is 43.0 Å². The molecule has 11 heteroatoms. The maximum absolute atomic E-state index is 14.0. The average molecular weight is 406 g/mol. The number of thioether (sulfide) groups is 1. The first kappa shape index (κ1) is 19.7. The van der Waals surface area contributed by atoms with E-state index in [4.69, 9.17) is 0 Å². The summed E-state index contributed by atoms with van der Waals surface area (Å²) in [4.78, 5) is 25.2. The van der Waals surface area contributed by atoms with E-state index in [0.29, 0.717) is 16.5 Å². The first-order valence-electron chi connectivity index (χ1n) is 8.19. The molecule has 3 rings (SSSR count). The van der Waals surface area contributed by atoms with E-state index >= 15 is 0 Å². The molecule has 0 radical (unpaired) electrons. The minimum atomic E-state index is -0.771. The van der Waals surface area contributed by atoms with Crippen molar-refractivity contribution < 1.29 is 13.6 Å². The minimum absolute atomic E-state index is 0.128. The SMILES string of the molecule is Cc1ccn(-c2cc(F)ccc2F)c(=O)c1C(=O)NCCSc1nnnn1C. The van der Waals surface area contributed by atoms with Gasteiger partial charge in [0.2, 0.25) is 5.16 Å². The van der Waals surface area contributed by atoms with E-state index in [0.717, 1.165) is 22.8 Å². The molecule has 28 heavy (non-hydrogen) atoms. The van der Waals surface area contributed by atoms with E-state index in [-0.39, 0.29) is 17.8 Å². The van der Waals surface area contributed by atoms with Crippen LogP contribution in [0.4, 0.5) is 8.78 Å². The second kappa shape index (κ2) is 8.30. The number of aromatic nitrogens is 5. The minimum Gasteiger partial charge on any atom is -0.351 e. The van der Waals surface area contributed by atoms with E-state index < -0.39 is 23.1 Å². The highest BCUT2D eigenvalue weighted by Crippen LogP contribution is 2.15. The van der Waals surface area contributed by atoms with Crippen molar-refractivity contribution in [1.29, 1.82) is 0 Å². The van der Waals surface area contributed by atoms with Crippen LogP contribution < -0.4 is 10.9 Å². The summed E-state index contributed by atoms with van der Waals surface area (Å²) in [7, 11) is 1.70. The highest BCUT2D eigenvalue weighted by molar-refractivity contribution is 7.99.